The summed E-state index contributed by atoms with van der Waals surface area (Å²) in [5.41, 5.74) is 0.470. The monoisotopic (exact) mass is 337 g/mol. The van der Waals surface area contributed by atoms with Crippen LogP contribution in [0.2, 0.25) is 0 Å². The number of amides is 1. The van der Waals surface area contributed by atoms with Crippen LogP contribution < -0.4 is 0 Å². The van der Waals surface area contributed by atoms with Crippen LogP contribution in [0.25, 0.3) is 6.08 Å². The van der Waals surface area contributed by atoms with E-state index in [4.69, 9.17) is 0 Å². The first-order chi connectivity index (χ1) is 12.2. The molecule has 0 N–H and O–H groups in total. The van der Waals surface area contributed by atoms with Gasteiger partial charge >= 0.3 is 0 Å². The molecule has 4 heteroatoms. The molecule has 25 heavy (non-hydrogen) atoms. The smallest absolute Gasteiger partial charge is 0.243 e. The fourth-order valence-corrected chi connectivity index (χ4v) is 3.87. The summed E-state index contributed by atoms with van der Waals surface area (Å²) >= 11 is 0. The van der Waals surface area contributed by atoms with Gasteiger partial charge in [0.05, 0.1) is 6.07 Å². The first kappa shape index (κ1) is 17.7. The average Bonchev–Trinajstić information content (AvgIpc) is 2.69. The number of piperazine rings is 1. The third-order valence-electron chi connectivity index (χ3n) is 5.46. The van der Waals surface area contributed by atoms with E-state index in [1.54, 1.807) is 0 Å². The Kier molecular flexibility index (Phi) is 5.88. The van der Waals surface area contributed by atoms with Gasteiger partial charge in [-0.1, -0.05) is 61.7 Å². The molecule has 132 valence electrons. The van der Waals surface area contributed by atoms with Gasteiger partial charge in [0, 0.05) is 32.7 Å². The number of carbonyl (C=O) groups excluding carboxylic acids is 1. The Morgan fingerprint density at radius 2 is 1.76 bits per heavy atom. The van der Waals surface area contributed by atoms with Crippen LogP contribution in [0.5, 0.6) is 0 Å². The summed E-state index contributed by atoms with van der Waals surface area (Å²) < 4.78 is 0. The minimum absolute atomic E-state index is 0.0779. The van der Waals surface area contributed by atoms with E-state index in [1.165, 1.54) is 5.56 Å². The molecule has 0 aromatic heterocycles. The van der Waals surface area contributed by atoms with E-state index >= 15 is 0 Å². The molecule has 1 aromatic rings. The summed E-state index contributed by atoms with van der Waals surface area (Å²) in [6, 6.07) is 12.7. The first-order valence-electron chi connectivity index (χ1n) is 9.38. The molecule has 0 atom stereocenters. The van der Waals surface area contributed by atoms with Crippen LogP contribution in [-0.4, -0.2) is 48.4 Å². The molecule has 1 amide bonds. The third-order valence-corrected chi connectivity index (χ3v) is 5.46. The van der Waals surface area contributed by atoms with E-state index in [0.717, 1.165) is 64.8 Å². The summed E-state index contributed by atoms with van der Waals surface area (Å²) in [5, 5.41) is 9.60. The maximum atomic E-state index is 12.9. The molecule has 1 aromatic carbocycles. The van der Waals surface area contributed by atoms with Crippen molar-refractivity contribution in [2.45, 2.75) is 32.1 Å². The molecule has 2 fully saturated rings. The molecule has 1 saturated carbocycles. The molecule has 1 heterocycles. The van der Waals surface area contributed by atoms with Crippen LogP contribution in [-0.2, 0) is 4.79 Å². The van der Waals surface area contributed by atoms with Crippen molar-refractivity contribution >= 4 is 12.0 Å². The molecule has 3 rings (SSSR count). The zero-order valence-corrected chi connectivity index (χ0v) is 14.9. The van der Waals surface area contributed by atoms with Gasteiger partial charge in [-0.2, -0.15) is 5.26 Å². The molecule has 1 aliphatic carbocycles. The molecule has 4 nitrogen and oxygen atoms in total. The lowest BCUT2D eigenvalue weighted by Crippen LogP contribution is -2.53. The van der Waals surface area contributed by atoms with Gasteiger partial charge in [0.15, 0.2) is 0 Å². The SMILES string of the molecule is N#CC1(C(=O)N2CCN(CC=Cc3ccccc3)CC2)CCCCC1. The highest BCUT2D eigenvalue weighted by molar-refractivity contribution is 5.85. The van der Waals surface area contributed by atoms with E-state index in [1.807, 2.05) is 23.1 Å². The lowest BCUT2D eigenvalue weighted by Gasteiger charge is -2.39. The summed E-state index contributed by atoms with van der Waals surface area (Å²) in [6.45, 7) is 4.14. The number of nitriles is 1. The molecular formula is C21H27N3O. The normalized spacial score (nSPS) is 21.2. The zero-order chi connectivity index (χ0) is 17.5. The standard InChI is InChI=1S/C21H27N3O/c22-18-21(11-5-2-6-12-21)20(25)24-16-14-23(15-17-24)13-7-10-19-8-3-1-4-9-19/h1,3-4,7-10H,2,5-6,11-17H2. The van der Waals surface area contributed by atoms with Crippen LogP contribution in [0.3, 0.4) is 0 Å². The average molecular weight is 337 g/mol. The van der Waals surface area contributed by atoms with Crippen molar-refractivity contribution in [3.63, 3.8) is 0 Å². The minimum atomic E-state index is -0.742. The molecule has 0 radical (unpaired) electrons. The second-order valence-corrected chi connectivity index (χ2v) is 7.16. The minimum Gasteiger partial charge on any atom is -0.339 e. The lowest BCUT2D eigenvalue weighted by atomic mass is 9.74. The Morgan fingerprint density at radius 1 is 1.08 bits per heavy atom. The lowest BCUT2D eigenvalue weighted by molar-refractivity contribution is -0.142. The second-order valence-electron chi connectivity index (χ2n) is 7.16. The fraction of sp³-hybridized carbons (Fsp3) is 0.524. The Morgan fingerprint density at radius 3 is 2.40 bits per heavy atom. The van der Waals surface area contributed by atoms with E-state index in [-0.39, 0.29) is 5.91 Å². The first-order valence-corrected chi connectivity index (χ1v) is 9.38. The topological polar surface area (TPSA) is 47.3 Å². The van der Waals surface area contributed by atoms with Crippen molar-refractivity contribution in [1.29, 1.82) is 5.26 Å². The Bertz CT molecular complexity index is 633. The number of hydrogen-bond donors (Lipinski definition) is 0. The van der Waals surface area contributed by atoms with E-state index < -0.39 is 5.41 Å². The molecule has 1 aliphatic heterocycles. The van der Waals surface area contributed by atoms with E-state index in [2.05, 4.69) is 35.3 Å². The molecule has 2 aliphatic rings. The maximum Gasteiger partial charge on any atom is 0.243 e. The van der Waals surface area contributed by atoms with Gasteiger partial charge in [-0.15, -0.1) is 0 Å². The number of rotatable bonds is 4. The van der Waals surface area contributed by atoms with E-state index in [0.29, 0.717) is 0 Å². The number of benzene rings is 1. The Balaban J connectivity index is 1.49. The van der Waals surface area contributed by atoms with Gasteiger partial charge in [0.1, 0.15) is 5.41 Å². The maximum absolute atomic E-state index is 12.9. The highest BCUT2D eigenvalue weighted by Crippen LogP contribution is 2.37. The van der Waals surface area contributed by atoms with Gasteiger partial charge in [0.25, 0.3) is 0 Å². The van der Waals surface area contributed by atoms with Gasteiger partial charge in [-0.3, -0.25) is 9.69 Å². The number of hydrogen-bond acceptors (Lipinski definition) is 3. The van der Waals surface area contributed by atoms with Crippen molar-refractivity contribution in [3.05, 3.63) is 42.0 Å². The third kappa shape index (κ3) is 4.29. The highest BCUT2D eigenvalue weighted by atomic mass is 16.2. The van der Waals surface area contributed by atoms with Gasteiger partial charge in [0.2, 0.25) is 5.91 Å². The number of carbonyl (C=O) groups is 1. The van der Waals surface area contributed by atoms with Crippen molar-refractivity contribution < 1.29 is 4.79 Å². The predicted octanol–water partition coefficient (Wildman–Crippen LogP) is 3.32. The van der Waals surface area contributed by atoms with Crippen LogP contribution >= 0.6 is 0 Å². The van der Waals surface area contributed by atoms with Crippen LogP contribution in [0.4, 0.5) is 0 Å². The summed E-state index contributed by atoms with van der Waals surface area (Å²) in [5.74, 6) is 0.0779. The number of nitrogens with zero attached hydrogens (tertiary/aromatic N) is 3. The largest absolute Gasteiger partial charge is 0.339 e. The van der Waals surface area contributed by atoms with Crippen molar-refractivity contribution in [2.75, 3.05) is 32.7 Å². The molecule has 1 saturated heterocycles. The molecule has 0 bridgehead atoms. The Hall–Kier alpha value is -2.12. The fourth-order valence-electron chi connectivity index (χ4n) is 3.87. The van der Waals surface area contributed by atoms with E-state index in [9.17, 15) is 10.1 Å². The Labute approximate surface area is 150 Å². The van der Waals surface area contributed by atoms with Gasteiger partial charge in [-0.05, 0) is 18.4 Å². The summed E-state index contributed by atoms with van der Waals surface area (Å²) in [7, 11) is 0. The van der Waals surface area contributed by atoms with Gasteiger partial charge in [-0.25, -0.2) is 0 Å². The van der Waals surface area contributed by atoms with Crippen LogP contribution in [0.1, 0.15) is 37.7 Å². The van der Waals surface area contributed by atoms with Gasteiger partial charge < -0.3 is 4.90 Å². The van der Waals surface area contributed by atoms with Crippen molar-refractivity contribution in [3.8, 4) is 6.07 Å². The van der Waals surface area contributed by atoms with Crippen LogP contribution in [0, 0.1) is 16.7 Å². The van der Waals surface area contributed by atoms with Crippen LogP contribution in [0.15, 0.2) is 36.4 Å². The van der Waals surface area contributed by atoms with Crippen molar-refractivity contribution in [1.82, 2.24) is 9.80 Å². The second kappa shape index (κ2) is 8.31. The molecular weight excluding hydrogens is 310 g/mol. The van der Waals surface area contributed by atoms with Crippen molar-refractivity contribution in [2.24, 2.45) is 5.41 Å². The summed E-state index contributed by atoms with van der Waals surface area (Å²) in [4.78, 5) is 17.2. The highest BCUT2D eigenvalue weighted by Gasteiger charge is 2.42. The zero-order valence-electron chi connectivity index (χ0n) is 14.9. The summed E-state index contributed by atoms with van der Waals surface area (Å²) in [6.07, 6.45) is 8.96. The molecule has 0 spiro atoms. The quantitative estimate of drug-likeness (QED) is 0.847. The molecule has 0 unspecified atom stereocenters. The predicted molar refractivity (Wildman–Crippen MR) is 99.6 cm³/mol.